The number of carbonyl (C=O) groups is 1. The van der Waals surface area contributed by atoms with Crippen LogP contribution in [0.25, 0.3) is 6.08 Å². The van der Waals surface area contributed by atoms with Crippen LogP contribution in [0.2, 0.25) is 0 Å². The minimum atomic E-state index is -0.375. The summed E-state index contributed by atoms with van der Waals surface area (Å²) < 4.78 is 0. The molecule has 1 saturated heterocycles. The number of hydrogen-bond donors (Lipinski definition) is 1. The summed E-state index contributed by atoms with van der Waals surface area (Å²) in [6.45, 7) is 6.23. The molecule has 134 valence electrons. The van der Waals surface area contributed by atoms with Crippen molar-refractivity contribution in [2.24, 2.45) is 10.1 Å². The van der Waals surface area contributed by atoms with Gasteiger partial charge in [-0.3, -0.25) is 10.2 Å². The highest BCUT2D eigenvalue weighted by atomic mass is 32.2. The van der Waals surface area contributed by atoms with Gasteiger partial charge in [-0.1, -0.05) is 38.1 Å². The molecule has 0 aliphatic carbocycles. The largest absolute Gasteiger partial charge is 0.349 e. The van der Waals surface area contributed by atoms with E-state index in [1.807, 2.05) is 12.1 Å². The molecule has 0 bridgehead atoms. The fourth-order valence-corrected chi connectivity index (χ4v) is 4.11. The Hall–Kier alpha value is -2.41. The summed E-state index contributed by atoms with van der Waals surface area (Å²) in [6, 6.07) is 8.05. The molecule has 0 saturated carbocycles. The first-order valence-electron chi connectivity index (χ1n) is 8.88. The van der Waals surface area contributed by atoms with Gasteiger partial charge >= 0.3 is 0 Å². The van der Waals surface area contributed by atoms with Crippen LogP contribution in [0.1, 0.15) is 43.7 Å². The Balaban J connectivity index is 1.61. The molecule has 4 rings (SSSR count). The zero-order chi connectivity index (χ0) is 18.3. The van der Waals surface area contributed by atoms with E-state index < -0.39 is 0 Å². The van der Waals surface area contributed by atoms with Crippen molar-refractivity contribution in [2.75, 3.05) is 13.1 Å². The van der Waals surface area contributed by atoms with Gasteiger partial charge < -0.3 is 4.90 Å². The highest BCUT2D eigenvalue weighted by Crippen LogP contribution is 2.30. The molecule has 26 heavy (non-hydrogen) atoms. The molecule has 0 spiro atoms. The Kier molecular flexibility index (Phi) is 4.40. The molecule has 1 aromatic rings. The van der Waals surface area contributed by atoms with Crippen molar-refractivity contribution in [2.45, 2.75) is 32.6 Å². The van der Waals surface area contributed by atoms with Crippen LogP contribution in [0.15, 0.2) is 39.9 Å². The van der Waals surface area contributed by atoms with Gasteiger partial charge in [0.1, 0.15) is 0 Å². The second-order valence-electron chi connectivity index (χ2n) is 6.92. The third-order valence-electron chi connectivity index (χ3n) is 4.73. The monoisotopic (exact) mass is 367 g/mol. The van der Waals surface area contributed by atoms with Crippen molar-refractivity contribution in [3.8, 4) is 0 Å². The number of hydrazone groups is 1. The van der Waals surface area contributed by atoms with Crippen molar-refractivity contribution in [3.05, 3.63) is 41.0 Å². The molecular weight excluding hydrogens is 346 g/mol. The minimum Gasteiger partial charge on any atom is -0.349 e. The van der Waals surface area contributed by atoms with E-state index in [9.17, 15) is 4.79 Å². The highest BCUT2D eigenvalue weighted by molar-refractivity contribution is 8.26. The van der Waals surface area contributed by atoms with E-state index in [4.69, 9.17) is 5.41 Å². The first-order chi connectivity index (χ1) is 12.5. The zero-order valence-corrected chi connectivity index (χ0v) is 15.7. The predicted molar refractivity (Wildman–Crippen MR) is 106 cm³/mol. The fraction of sp³-hybridized carbons (Fsp3) is 0.368. The molecule has 1 aromatic carbocycles. The topological polar surface area (TPSA) is 72.1 Å². The van der Waals surface area contributed by atoms with Gasteiger partial charge in [0, 0.05) is 13.1 Å². The average Bonchev–Trinajstić information content (AvgIpc) is 3.28. The van der Waals surface area contributed by atoms with Crippen LogP contribution in [-0.4, -0.2) is 45.1 Å². The van der Waals surface area contributed by atoms with Crippen LogP contribution >= 0.6 is 11.8 Å². The number of nitrogens with zero attached hydrogens (tertiary/aromatic N) is 4. The third kappa shape index (κ3) is 3.07. The van der Waals surface area contributed by atoms with E-state index in [1.165, 1.54) is 22.3 Å². The maximum absolute atomic E-state index is 12.5. The Morgan fingerprint density at radius 2 is 1.85 bits per heavy atom. The SMILES string of the molecule is CC(C)c1ccc(/C=C2/C(=N)N3N=C(N4CCCC4)SC3=NC2=O)cc1. The molecule has 1 fully saturated rings. The van der Waals surface area contributed by atoms with Crippen molar-refractivity contribution in [3.63, 3.8) is 0 Å². The molecule has 3 aliphatic rings. The number of fused-ring (bicyclic) bond motifs is 1. The minimum absolute atomic E-state index is 0.0923. The normalized spacial score (nSPS) is 21.6. The van der Waals surface area contributed by atoms with Gasteiger partial charge in [-0.2, -0.15) is 10.0 Å². The van der Waals surface area contributed by atoms with Crippen molar-refractivity contribution in [1.82, 2.24) is 9.91 Å². The smallest absolute Gasteiger partial charge is 0.283 e. The molecule has 1 amide bonds. The summed E-state index contributed by atoms with van der Waals surface area (Å²) >= 11 is 1.38. The summed E-state index contributed by atoms with van der Waals surface area (Å²) in [5.41, 5.74) is 2.41. The number of hydrogen-bond acceptors (Lipinski definition) is 5. The molecular formula is C19H21N5OS. The van der Waals surface area contributed by atoms with Gasteiger partial charge in [-0.25, -0.2) is 0 Å². The lowest BCUT2D eigenvalue weighted by Crippen LogP contribution is -2.35. The van der Waals surface area contributed by atoms with Crippen LogP contribution < -0.4 is 0 Å². The molecule has 3 aliphatic heterocycles. The number of rotatable bonds is 2. The van der Waals surface area contributed by atoms with Gasteiger partial charge in [0.25, 0.3) is 5.91 Å². The molecule has 0 aromatic heterocycles. The van der Waals surface area contributed by atoms with Gasteiger partial charge in [-0.05, 0) is 47.7 Å². The van der Waals surface area contributed by atoms with Crippen molar-refractivity contribution < 1.29 is 4.79 Å². The second kappa shape index (κ2) is 6.72. The van der Waals surface area contributed by atoms with Crippen LogP contribution in [-0.2, 0) is 4.79 Å². The van der Waals surface area contributed by atoms with Gasteiger partial charge in [-0.15, -0.1) is 5.10 Å². The molecule has 7 heteroatoms. The lowest BCUT2D eigenvalue weighted by molar-refractivity contribution is -0.114. The Bertz CT molecular complexity index is 847. The van der Waals surface area contributed by atoms with E-state index in [0.717, 1.165) is 36.7 Å². The van der Waals surface area contributed by atoms with Crippen LogP contribution in [0.5, 0.6) is 0 Å². The number of thioether (sulfide) groups is 1. The molecule has 3 heterocycles. The molecule has 0 unspecified atom stereocenters. The van der Waals surface area contributed by atoms with Crippen molar-refractivity contribution >= 4 is 39.9 Å². The summed E-state index contributed by atoms with van der Waals surface area (Å²) in [5.74, 6) is 0.174. The summed E-state index contributed by atoms with van der Waals surface area (Å²) in [7, 11) is 0. The van der Waals surface area contributed by atoms with E-state index >= 15 is 0 Å². The first kappa shape index (κ1) is 17.0. The van der Waals surface area contributed by atoms with Crippen LogP contribution in [0.3, 0.4) is 0 Å². The van der Waals surface area contributed by atoms with Crippen LogP contribution in [0.4, 0.5) is 0 Å². The first-order valence-corrected chi connectivity index (χ1v) is 9.70. The standard InChI is InChI=1S/C19H21N5OS/c1-12(2)14-7-5-13(6-8-14)11-15-16(20)24-18(21-17(15)25)26-19(22-24)23-9-3-4-10-23/h5-8,11-12,20H,3-4,9-10H2,1-2H3/b15-11-,20-16?. The molecule has 0 radical (unpaired) electrons. The van der Waals surface area contributed by atoms with E-state index in [0.29, 0.717) is 11.1 Å². The molecule has 0 atom stereocenters. The van der Waals surface area contributed by atoms with E-state index in [2.05, 4.69) is 41.0 Å². The number of likely N-dealkylation sites (tertiary alicyclic amines) is 1. The lowest BCUT2D eigenvalue weighted by Gasteiger charge is -2.20. The number of amidine groups is 3. The molecule has 1 N–H and O–H groups in total. The fourth-order valence-electron chi connectivity index (χ4n) is 3.16. The lowest BCUT2D eigenvalue weighted by atomic mass is 10.0. The van der Waals surface area contributed by atoms with Crippen molar-refractivity contribution in [1.29, 1.82) is 5.41 Å². The van der Waals surface area contributed by atoms with E-state index in [1.54, 1.807) is 6.08 Å². The number of benzene rings is 1. The summed E-state index contributed by atoms with van der Waals surface area (Å²) in [5, 5.41) is 15.8. The highest BCUT2D eigenvalue weighted by Gasteiger charge is 2.37. The quantitative estimate of drug-likeness (QED) is 0.812. The summed E-state index contributed by atoms with van der Waals surface area (Å²) in [4.78, 5) is 18.8. The average molecular weight is 367 g/mol. The number of carbonyl (C=O) groups excluding carboxylic acids is 1. The Morgan fingerprint density at radius 3 is 2.50 bits per heavy atom. The second-order valence-corrected chi connectivity index (χ2v) is 7.85. The zero-order valence-electron chi connectivity index (χ0n) is 14.9. The summed E-state index contributed by atoms with van der Waals surface area (Å²) in [6.07, 6.45) is 4.03. The molecule has 6 nitrogen and oxygen atoms in total. The number of amides is 1. The predicted octanol–water partition coefficient (Wildman–Crippen LogP) is 3.48. The Morgan fingerprint density at radius 1 is 1.15 bits per heavy atom. The maximum Gasteiger partial charge on any atom is 0.283 e. The van der Waals surface area contributed by atoms with Gasteiger partial charge in [0.2, 0.25) is 5.17 Å². The van der Waals surface area contributed by atoms with Gasteiger partial charge in [0.05, 0.1) is 5.57 Å². The number of nitrogens with one attached hydrogen (secondary N) is 1. The Labute approximate surface area is 157 Å². The maximum atomic E-state index is 12.5. The van der Waals surface area contributed by atoms with E-state index in [-0.39, 0.29) is 17.3 Å². The van der Waals surface area contributed by atoms with Crippen LogP contribution in [0, 0.1) is 5.41 Å². The third-order valence-corrected chi connectivity index (χ3v) is 5.70. The van der Waals surface area contributed by atoms with Gasteiger partial charge in [0.15, 0.2) is 11.0 Å². The number of aliphatic imine (C=N–C) groups is 1.